The lowest BCUT2D eigenvalue weighted by Crippen LogP contribution is -2.37. The molecule has 1 aromatic heterocycles. The second kappa shape index (κ2) is 11.6. The van der Waals surface area contributed by atoms with Gasteiger partial charge in [0.1, 0.15) is 12.1 Å². The van der Waals surface area contributed by atoms with Gasteiger partial charge >= 0.3 is 0 Å². The van der Waals surface area contributed by atoms with E-state index in [0.717, 1.165) is 40.6 Å². The number of aliphatic imine (C=N–C) groups is 1. The molecule has 0 aliphatic heterocycles. The molecule has 3 rings (SSSR count). The quantitative estimate of drug-likeness (QED) is 0.249. The zero-order valence-corrected chi connectivity index (χ0v) is 19.4. The second-order valence-corrected chi connectivity index (χ2v) is 6.50. The Morgan fingerprint density at radius 3 is 2.76 bits per heavy atom. The van der Waals surface area contributed by atoms with Gasteiger partial charge in [-0.25, -0.2) is 4.98 Å². The Labute approximate surface area is 192 Å². The molecule has 7 nitrogen and oxygen atoms in total. The minimum atomic E-state index is 0. The Balaban J connectivity index is 0.00000300. The summed E-state index contributed by atoms with van der Waals surface area (Å²) in [7, 11) is 3.38. The molecule has 0 aliphatic carbocycles. The number of halogens is 2. The molecule has 3 aromatic rings. The van der Waals surface area contributed by atoms with Crippen molar-refractivity contribution < 1.29 is 4.74 Å². The summed E-state index contributed by atoms with van der Waals surface area (Å²) in [6.07, 6.45) is 2.28. The molecular weight excluding hydrogens is 503 g/mol. The van der Waals surface area contributed by atoms with E-state index in [-0.39, 0.29) is 24.0 Å². The van der Waals surface area contributed by atoms with Crippen molar-refractivity contribution in [3.63, 3.8) is 0 Å². The molecule has 0 fully saturated rings. The molecule has 0 saturated heterocycles. The van der Waals surface area contributed by atoms with Crippen LogP contribution in [0.5, 0.6) is 5.75 Å². The van der Waals surface area contributed by atoms with Crippen LogP contribution in [0.2, 0.25) is 5.02 Å². The molecule has 0 unspecified atom stereocenters. The third-order valence-corrected chi connectivity index (χ3v) is 4.60. The minimum Gasteiger partial charge on any atom is -0.497 e. The standard InChI is InChI=1S/C20H23ClN6O.HI/c1-22-20(23-9-8-15-6-7-17(28-2)11-18(15)21)24-12-14-4-3-5-16(10-14)19-25-13-26-27-19;/h3-7,10-11,13H,8-9,12H2,1-2H3,(H2,22,23,24)(H,25,26,27);1H. The zero-order valence-electron chi connectivity index (χ0n) is 16.3. The average molecular weight is 527 g/mol. The van der Waals surface area contributed by atoms with E-state index >= 15 is 0 Å². The lowest BCUT2D eigenvalue weighted by Gasteiger charge is -2.13. The van der Waals surface area contributed by atoms with Crippen LogP contribution >= 0.6 is 35.6 Å². The molecule has 0 spiro atoms. The Kier molecular flexibility index (Phi) is 9.20. The maximum atomic E-state index is 6.29. The van der Waals surface area contributed by atoms with Gasteiger partial charge in [-0.15, -0.1) is 24.0 Å². The molecule has 1 heterocycles. The smallest absolute Gasteiger partial charge is 0.191 e. The largest absolute Gasteiger partial charge is 0.497 e. The Morgan fingerprint density at radius 1 is 1.21 bits per heavy atom. The molecule has 0 atom stereocenters. The number of aromatic amines is 1. The van der Waals surface area contributed by atoms with E-state index in [0.29, 0.717) is 18.1 Å². The maximum absolute atomic E-state index is 6.29. The summed E-state index contributed by atoms with van der Waals surface area (Å²) in [4.78, 5) is 8.45. The number of benzene rings is 2. The Morgan fingerprint density at radius 2 is 2.07 bits per heavy atom. The van der Waals surface area contributed by atoms with Gasteiger partial charge in [0.2, 0.25) is 0 Å². The van der Waals surface area contributed by atoms with Gasteiger partial charge in [0, 0.05) is 30.7 Å². The van der Waals surface area contributed by atoms with Crippen molar-refractivity contribution in [1.29, 1.82) is 0 Å². The molecular formula is C20H24ClIN6O. The van der Waals surface area contributed by atoms with Crippen molar-refractivity contribution in [3.8, 4) is 17.1 Å². The number of guanidine groups is 1. The van der Waals surface area contributed by atoms with Crippen LogP contribution in [0.4, 0.5) is 0 Å². The van der Waals surface area contributed by atoms with E-state index in [1.54, 1.807) is 14.2 Å². The third kappa shape index (κ3) is 6.60. The molecule has 0 amide bonds. The van der Waals surface area contributed by atoms with Crippen LogP contribution in [0.3, 0.4) is 0 Å². The van der Waals surface area contributed by atoms with E-state index in [1.807, 2.05) is 30.3 Å². The van der Waals surface area contributed by atoms with Crippen LogP contribution in [0.1, 0.15) is 11.1 Å². The molecule has 29 heavy (non-hydrogen) atoms. The van der Waals surface area contributed by atoms with E-state index in [4.69, 9.17) is 16.3 Å². The summed E-state index contributed by atoms with van der Waals surface area (Å²) in [6.45, 7) is 1.36. The fourth-order valence-electron chi connectivity index (χ4n) is 2.75. The first kappa shape index (κ1) is 23.0. The first-order valence-corrected chi connectivity index (χ1v) is 9.29. The van der Waals surface area contributed by atoms with Crippen molar-refractivity contribution in [2.45, 2.75) is 13.0 Å². The zero-order chi connectivity index (χ0) is 19.8. The number of aromatic nitrogens is 3. The van der Waals surface area contributed by atoms with Crippen LogP contribution in [0.15, 0.2) is 53.8 Å². The molecule has 154 valence electrons. The van der Waals surface area contributed by atoms with Gasteiger partial charge in [-0.1, -0.05) is 35.9 Å². The van der Waals surface area contributed by atoms with Crippen molar-refractivity contribution in [2.75, 3.05) is 20.7 Å². The molecule has 0 bridgehead atoms. The highest BCUT2D eigenvalue weighted by Crippen LogP contribution is 2.22. The lowest BCUT2D eigenvalue weighted by molar-refractivity contribution is 0.414. The van der Waals surface area contributed by atoms with Gasteiger partial charge in [0.25, 0.3) is 0 Å². The van der Waals surface area contributed by atoms with Crippen molar-refractivity contribution >= 4 is 41.5 Å². The van der Waals surface area contributed by atoms with Gasteiger partial charge in [-0.05, 0) is 35.7 Å². The van der Waals surface area contributed by atoms with Crippen molar-refractivity contribution in [2.24, 2.45) is 4.99 Å². The van der Waals surface area contributed by atoms with Crippen LogP contribution in [-0.4, -0.2) is 41.8 Å². The molecule has 2 aromatic carbocycles. The first-order valence-electron chi connectivity index (χ1n) is 8.91. The fourth-order valence-corrected chi connectivity index (χ4v) is 3.02. The first-order chi connectivity index (χ1) is 13.7. The maximum Gasteiger partial charge on any atom is 0.191 e. The summed E-state index contributed by atoms with van der Waals surface area (Å²) >= 11 is 6.29. The number of nitrogens with one attached hydrogen (secondary N) is 3. The molecule has 3 N–H and O–H groups in total. The number of rotatable bonds is 7. The van der Waals surface area contributed by atoms with Crippen molar-refractivity contribution in [3.05, 3.63) is 64.9 Å². The number of ether oxygens (including phenoxy) is 1. The topological polar surface area (TPSA) is 87.2 Å². The average Bonchev–Trinajstić information content (AvgIpc) is 3.26. The van der Waals surface area contributed by atoms with Crippen LogP contribution in [-0.2, 0) is 13.0 Å². The summed E-state index contributed by atoms with van der Waals surface area (Å²) < 4.78 is 5.18. The van der Waals surface area contributed by atoms with Crippen LogP contribution in [0, 0.1) is 0 Å². The number of H-pyrrole nitrogens is 1. The second-order valence-electron chi connectivity index (χ2n) is 6.09. The van der Waals surface area contributed by atoms with E-state index in [9.17, 15) is 0 Å². The summed E-state index contributed by atoms with van der Waals surface area (Å²) in [5, 5.41) is 14.1. The predicted molar refractivity (Wildman–Crippen MR) is 127 cm³/mol. The number of hydrogen-bond donors (Lipinski definition) is 3. The Hall–Kier alpha value is -2.33. The van der Waals surface area contributed by atoms with E-state index in [2.05, 4.69) is 42.9 Å². The lowest BCUT2D eigenvalue weighted by atomic mass is 10.1. The minimum absolute atomic E-state index is 0. The monoisotopic (exact) mass is 526 g/mol. The van der Waals surface area contributed by atoms with Gasteiger partial charge in [0.05, 0.1) is 7.11 Å². The Bertz CT molecular complexity index is 932. The highest BCUT2D eigenvalue weighted by atomic mass is 127. The van der Waals surface area contributed by atoms with Crippen LogP contribution in [0.25, 0.3) is 11.4 Å². The molecule has 0 radical (unpaired) electrons. The summed E-state index contributed by atoms with van der Waals surface area (Å²) in [5.41, 5.74) is 3.18. The highest BCUT2D eigenvalue weighted by molar-refractivity contribution is 14.0. The molecule has 0 aliphatic rings. The van der Waals surface area contributed by atoms with Gasteiger partial charge in [-0.3, -0.25) is 10.1 Å². The van der Waals surface area contributed by atoms with E-state index < -0.39 is 0 Å². The predicted octanol–water partition coefficient (Wildman–Crippen LogP) is 3.66. The van der Waals surface area contributed by atoms with Crippen molar-refractivity contribution in [1.82, 2.24) is 25.8 Å². The number of hydrogen-bond acceptors (Lipinski definition) is 4. The SMILES string of the molecule is CN=C(NCCc1ccc(OC)cc1Cl)NCc1cccc(-c2ncn[nH]2)c1.I. The van der Waals surface area contributed by atoms with E-state index in [1.165, 1.54) is 6.33 Å². The molecule has 9 heteroatoms. The van der Waals surface area contributed by atoms with Gasteiger partial charge in [-0.2, -0.15) is 5.10 Å². The summed E-state index contributed by atoms with van der Waals surface area (Å²) in [5.74, 6) is 2.24. The third-order valence-electron chi connectivity index (χ3n) is 4.25. The number of methoxy groups -OCH3 is 1. The normalized spacial score (nSPS) is 10.9. The van der Waals surface area contributed by atoms with Crippen LogP contribution < -0.4 is 15.4 Å². The van der Waals surface area contributed by atoms with Gasteiger partial charge < -0.3 is 15.4 Å². The fraction of sp³-hybridized carbons (Fsp3) is 0.250. The highest BCUT2D eigenvalue weighted by Gasteiger charge is 2.05. The molecule has 0 saturated carbocycles. The number of nitrogens with zero attached hydrogens (tertiary/aromatic N) is 3. The summed E-state index contributed by atoms with van der Waals surface area (Å²) in [6, 6.07) is 13.8. The van der Waals surface area contributed by atoms with Gasteiger partial charge in [0.15, 0.2) is 11.8 Å².